The predicted octanol–water partition coefficient (Wildman–Crippen LogP) is 1.25. The predicted molar refractivity (Wildman–Crippen MR) is 115 cm³/mol. The van der Waals surface area contributed by atoms with Gasteiger partial charge in [0, 0.05) is 51.7 Å². The molecule has 1 saturated heterocycles. The minimum absolute atomic E-state index is 0.305. The van der Waals surface area contributed by atoms with E-state index in [4.69, 9.17) is 0 Å². The highest BCUT2D eigenvalue weighted by Gasteiger charge is 2.46. The fraction of sp³-hybridized carbons (Fsp3) is 0.238. The number of carbonyl (C=O) groups excluding carboxylic acids is 1. The van der Waals surface area contributed by atoms with Gasteiger partial charge in [-0.05, 0) is 18.2 Å². The second-order valence-corrected chi connectivity index (χ2v) is 7.65. The summed E-state index contributed by atoms with van der Waals surface area (Å²) in [6.45, 7) is 0.485. The van der Waals surface area contributed by atoms with Crippen molar-refractivity contribution in [2.75, 3.05) is 18.9 Å². The number of amides is 1. The lowest BCUT2D eigenvalue weighted by Gasteiger charge is -2.17. The number of carbonyl (C=O) groups is 1. The van der Waals surface area contributed by atoms with Gasteiger partial charge in [0.2, 0.25) is 5.95 Å². The van der Waals surface area contributed by atoms with Gasteiger partial charge in [0.25, 0.3) is 5.91 Å². The Labute approximate surface area is 183 Å². The molecule has 1 amide bonds. The fourth-order valence-electron chi connectivity index (χ4n) is 3.62. The Kier molecular flexibility index (Phi) is 4.67. The first kappa shape index (κ1) is 19.8. The minimum Gasteiger partial charge on any atom is -0.374 e. The molecular weight excluding hydrogens is 410 g/mol. The first-order chi connectivity index (χ1) is 15.4. The monoisotopic (exact) mass is 431 g/mol. The molecule has 11 heteroatoms. The quantitative estimate of drug-likeness (QED) is 0.483. The Bertz CT molecular complexity index is 1300. The lowest BCUT2D eigenvalue weighted by molar-refractivity contribution is -0.143. The first-order valence-corrected chi connectivity index (χ1v) is 10.0. The van der Waals surface area contributed by atoms with Crippen LogP contribution in [-0.2, 0) is 17.4 Å². The Morgan fingerprint density at radius 3 is 2.69 bits per heavy atom. The van der Waals surface area contributed by atoms with Crippen LogP contribution in [0.25, 0.3) is 17.2 Å². The second-order valence-electron chi connectivity index (χ2n) is 7.65. The van der Waals surface area contributed by atoms with Gasteiger partial charge in [-0.15, -0.1) is 0 Å². The van der Waals surface area contributed by atoms with E-state index in [2.05, 4.69) is 30.4 Å². The molecule has 1 atom stereocenters. The lowest BCUT2D eigenvalue weighted by Crippen LogP contribution is -2.36. The summed E-state index contributed by atoms with van der Waals surface area (Å²) in [7, 11) is 3.50. The number of hydrogen-bond donors (Lipinski definition) is 2. The molecule has 1 fully saturated rings. The molecule has 32 heavy (non-hydrogen) atoms. The van der Waals surface area contributed by atoms with Crippen molar-refractivity contribution in [3.63, 3.8) is 0 Å². The molecule has 5 heterocycles. The molecule has 162 valence electrons. The van der Waals surface area contributed by atoms with Crippen molar-refractivity contribution in [3.8, 4) is 17.2 Å². The van der Waals surface area contributed by atoms with Gasteiger partial charge in [0.1, 0.15) is 17.8 Å². The van der Waals surface area contributed by atoms with Crippen LogP contribution in [0, 0.1) is 0 Å². The SMILES string of the molecule is CN1CC[C@](O)(c2cn(-c3cccc(-c4ccnc(Nc5ccn(C)n5)n4)n3)cn2)C1=O. The average Bonchev–Trinajstić information content (AvgIpc) is 3.52. The topological polar surface area (TPSA) is 127 Å². The number of nitrogens with one attached hydrogen (secondary N) is 1. The number of pyridine rings is 1. The fourth-order valence-corrected chi connectivity index (χ4v) is 3.62. The van der Waals surface area contributed by atoms with Gasteiger partial charge in [0.05, 0.1) is 11.4 Å². The number of rotatable bonds is 5. The maximum atomic E-state index is 12.4. The average molecular weight is 431 g/mol. The van der Waals surface area contributed by atoms with E-state index in [0.29, 0.717) is 47.6 Å². The molecule has 0 spiro atoms. The molecule has 11 nitrogen and oxygen atoms in total. The molecule has 1 aliphatic heterocycles. The van der Waals surface area contributed by atoms with Crippen LogP contribution in [0.3, 0.4) is 0 Å². The van der Waals surface area contributed by atoms with Crippen LogP contribution in [0.5, 0.6) is 0 Å². The Morgan fingerprint density at radius 2 is 1.94 bits per heavy atom. The van der Waals surface area contributed by atoms with Crippen LogP contribution in [0.15, 0.2) is 55.2 Å². The van der Waals surface area contributed by atoms with E-state index < -0.39 is 5.60 Å². The zero-order valence-corrected chi connectivity index (χ0v) is 17.5. The highest BCUT2D eigenvalue weighted by Crippen LogP contribution is 2.31. The number of aliphatic hydroxyl groups is 1. The van der Waals surface area contributed by atoms with Gasteiger partial charge in [-0.25, -0.2) is 19.9 Å². The van der Waals surface area contributed by atoms with E-state index >= 15 is 0 Å². The van der Waals surface area contributed by atoms with Crippen molar-refractivity contribution >= 4 is 17.7 Å². The smallest absolute Gasteiger partial charge is 0.260 e. The van der Waals surface area contributed by atoms with Crippen LogP contribution in [-0.4, -0.2) is 63.8 Å². The van der Waals surface area contributed by atoms with Crippen molar-refractivity contribution in [1.29, 1.82) is 0 Å². The van der Waals surface area contributed by atoms with E-state index in [1.54, 1.807) is 41.1 Å². The van der Waals surface area contributed by atoms with Crippen molar-refractivity contribution in [2.24, 2.45) is 7.05 Å². The van der Waals surface area contributed by atoms with Gasteiger partial charge >= 0.3 is 0 Å². The molecule has 0 saturated carbocycles. The first-order valence-electron chi connectivity index (χ1n) is 10.0. The number of anilines is 2. The van der Waals surface area contributed by atoms with E-state index in [1.165, 1.54) is 4.90 Å². The largest absolute Gasteiger partial charge is 0.374 e. The Balaban J connectivity index is 1.42. The van der Waals surface area contributed by atoms with Crippen molar-refractivity contribution in [3.05, 3.63) is 60.9 Å². The Morgan fingerprint density at radius 1 is 1.09 bits per heavy atom. The van der Waals surface area contributed by atoms with E-state index in [0.717, 1.165) is 0 Å². The molecular formula is C21H21N9O2. The summed E-state index contributed by atoms with van der Waals surface area (Å²) in [6, 6.07) is 9.11. The van der Waals surface area contributed by atoms with Crippen molar-refractivity contribution < 1.29 is 9.90 Å². The zero-order valence-electron chi connectivity index (χ0n) is 17.5. The van der Waals surface area contributed by atoms with Crippen molar-refractivity contribution in [2.45, 2.75) is 12.0 Å². The summed E-state index contributed by atoms with van der Waals surface area (Å²) in [6.07, 6.45) is 6.95. The van der Waals surface area contributed by atoms with Gasteiger partial charge in [-0.1, -0.05) is 6.07 Å². The molecule has 0 bridgehead atoms. The maximum absolute atomic E-state index is 12.4. The number of hydrogen-bond acceptors (Lipinski definition) is 8. The summed E-state index contributed by atoms with van der Waals surface area (Å²) >= 11 is 0. The van der Waals surface area contributed by atoms with Crippen LogP contribution in [0.2, 0.25) is 0 Å². The highest BCUT2D eigenvalue weighted by atomic mass is 16.3. The summed E-state index contributed by atoms with van der Waals surface area (Å²) in [5.41, 5.74) is -0.0227. The molecule has 0 aliphatic carbocycles. The summed E-state index contributed by atoms with van der Waals surface area (Å²) in [5.74, 6) is 1.28. The number of likely N-dealkylation sites (tertiary alicyclic amines) is 1. The summed E-state index contributed by atoms with van der Waals surface area (Å²) in [4.78, 5) is 31.6. The molecule has 2 N–H and O–H groups in total. The summed E-state index contributed by atoms with van der Waals surface area (Å²) < 4.78 is 3.36. The lowest BCUT2D eigenvalue weighted by atomic mass is 9.99. The number of aromatic nitrogens is 7. The molecule has 0 radical (unpaired) electrons. The normalized spacial score (nSPS) is 18.3. The van der Waals surface area contributed by atoms with Crippen LogP contribution >= 0.6 is 0 Å². The van der Waals surface area contributed by atoms with Crippen LogP contribution in [0.1, 0.15) is 12.1 Å². The molecule has 1 aliphatic rings. The minimum atomic E-state index is -1.60. The molecule has 4 aromatic rings. The Hall–Kier alpha value is -4.12. The number of nitrogens with zero attached hydrogens (tertiary/aromatic N) is 8. The van der Waals surface area contributed by atoms with E-state index in [9.17, 15) is 9.90 Å². The van der Waals surface area contributed by atoms with E-state index in [1.807, 2.05) is 37.5 Å². The van der Waals surface area contributed by atoms with Crippen LogP contribution < -0.4 is 5.32 Å². The van der Waals surface area contributed by atoms with E-state index in [-0.39, 0.29) is 5.91 Å². The van der Waals surface area contributed by atoms with Crippen molar-refractivity contribution in [1.82, 2.24) is 39.2 Å². The zero-order chi connectivity index (χ0) is 22.3. The molecule has 5 rings (SSSR count). The summed E-state index contributed by atoms with van der Waals surface area (Å²) in [5, 5.41) is 18.2. The van der Waals surface area contributed by atoms with Gasteiger partial charge in [0.15, 0.2) is 11.4 Å². The second kappa shape index (κ2) is 7.54. The molecule has 4 aromatic heterocycles. The number of imidazole rings is 1. The standard InChI is InChI=1S/C21H21N9O2/c1-28-11-8-21(32,19(28)31)16-12-30(13-23-16)18-5-3-4-14(24-18)15-6-9-22-20(25-15)26-17-7-10-29(2)27-17/h3-7,9-10,12-13,32H,8,11H2,1-2H3,(H,22,25,26,27)/t21-/m0/s1. The van der Waals surface area contributed by atoms with Crippen LogP contribution in [0.4, 0.5) is 11.8 Å². The van der Waals surface area contributed by atoms with Gasteiger partial charge < -0.3 is 15.3 Å². The maximum Gasteiger partial charge on any atom is 0.260 e. The third kappa shape index (κ3) is 3.48. The van der Waals surface area contributed by atoms with Gasteiger partial charge in [-0.3, -0.25) is 14.0 Å². The number of likely N-dealkylation sites (N-methyl/N-ethyl adjacent to an activating group) is 1. The number of aryl methyl sites for hydroxylation is 1. The third-order valence-corrected chi connectivity index (χ3v) is 5.39. The highest BCUT2D eigenvalue weighted by molar-refractivity contribution is 5.87. The van der Waals surface area contributed by atoms with Gasteiger partial charge in [-0.2, -0.15) is 5.10 Å². The third-order valence-electron chi connectivity index (χ3n) is 5.39. The molecule has 0 aromatic carbocycles. The molecule has 0 unspecified atom stereocenters.